The minimum absolute atomic E-state index is 0. The lowest BCUT2D eigenvalue weighted by Crippen LogP contribution is -2.14. The van der Waals surface area contributed by atoms with Gasteiger partial charge in [-0.15, -0.1) is 0 Å². The van der Waals surface area contributed by atoms with Crippen LogP contribution in [-0.4, -0.2) is 12.9 Å². The van der Waals surface area contributed by atoms with Crippen LogP contribution in [0, 0.1) is 0 Å². The van der Waals surface area contributed by atoms with Gasteiger partial charge in [-0.05, 0) is 47.8 Å². The molecular formula is C25H32O2. The lowest BCUT2D eigenvalue weighted by atomic mass is 9.79. The number of benzene rings is 2. The third-order valence-electron chi connectivity index (χ3n) is 4.96. The van der Waals surface area contributed by atoms with Crippen LogP contribution in [0.1, 0.15) is 58.5 Å². The quantitative estimate of drug-likeness (QED) is 0.538. The van der Waals surface area contributed by atoms with E-state index < -0.39 is 0 Å². The zero-order valence-corrected chi connectivity index (χ0v) is 15.6. The third kappa shape index (κ3) is 4.97. The molecule has 0 bridgehead atoms. The summed E-state index contributed by atoms with van der Waals surface area (Å²) < 4.78 is 5.25. The van der Waals surface area contributed by atoms with Crippen molar-refractivity contribution in [3.05, 3.63) is 83.4 Å². The fourth-order valence-corrected chi connectivity index (χ4v) is 3.44. The molecule has 0 saturated carbocycles. The van der Waals surface area contributed by atoms with E-state index in [0.717, 1.165) is 41.7 Å². The average molecular weight is 365 g/mol. The zero-order chi connectivity index (χ0) is 18.4. The molecule has 1 unspecified atom stereocenters. The topological polar surface area (TPSA) is 26.3 Å². The van der Waals surface area contributed by atoms with Crippen LogP contribution in [0.25, 0.3) is 5.57 Å². The first-order valence-corrected chi connectivity index (χ1v) is 9.37. The van der Waals surface area contributed by atoms with Crippen molar-refractivity contribution in [2.24, 2.45) is 0 Å². The van der Waals surface area contributed by atoms with Gasteiger partial charge in [0.15, 0.2) is 5.78 Å². The lowest BCUT2D eigenvalue weighted by Gasteiger charge is -2.24. The molecule has 2 nitrogen and oxygen atoms in total. The van der Waals surface area contributed by atoms with Gasteiger partial charge in [-0.2, -0.15) is 0 Å². The van der Waals surface area contributed by atoms with E-state index in [0.29, 0.717) is 6.42 Å². The maximum Gasteiger partial charge on any atom is 0.159 e. The molecule has 2 heteroatoms. The molecule has 0 N–H and O–H groups in total. The molecule has 2 aromatic carbocycles. The van der Waals surface area contributed by atoms with Crippen molar-refractivity contribution in [2.75, 3.05) is 7.11 Å². The highest BCUT2D eigenvalue weighted by Gasteiger charge is 2.25. The van der Waals surface area contributed by atoms with E-state index in [2.05, 4.69) is 43.3 Å². The smallest absolute Gasteiger partial charge is 0.159 e. The molecule has 0 aromatic heterocycles. The molecule has 0 saturated heterocycles. The Morgan fingerprint density at radius 2 is 1.81 bits per heavy atom. The van der Waals surface area contributed by atoms with Crippen molar-refractivity contribution >= 4 is 11.4 Å². The highest BCUT2D eigenvalue weighted by Crippen LogP contribution is 2.37. The van der Waals surface area contributed by atoms with Crippen molar-refractivity contribution in [3.63, 3.8) is 0 Å². The Hall–Kier alpha value is -2.61. The predicted octanol–water partition coefficient (Wildman–Crippen LogP) is 6.83. The van der Waals surface area contributed by atoms with Crippen LogP contribution in [0.15, 0.2) is 72.3 Å². The highest BCUT2D eigenvalue weighted by molar-refractivity contribution is 6.00. The van der Waals surface area contributed by atoms with Crippen molar-refractivity contribution in [3.8, 4) is 5.75 Å². The van der Waals surface area contributed by atoms with Gasteiger partial charge in [0.05, 0.1) is 7.11 Å². The molecule has 27 heavy (non-hydrogen) atoms. The molecule has 0 heterocycles. The Bertz CT molecular complexity index is 804. The second-order valence-electron chi connectivity index (χ2n) is 6.71. The van der Waals surface area contributed by atoms with E-state index in [4.69, 9.17) is 4.74 Å². The van der Waals surface area contributed by atoms with E-state index in [1.54, 1.807) is 7.11 Å². The average Bonchev–Trinajstić information content (AvgIpc) is 2.72. The van der Waals surface area contributed by atoms with Crippen LogP contribution in [0.4, 0.5) is 0 Å². The number of hydrogen-bond donors (Lipinski definition) is 0. The summed E-state index contributed by atoms with van der Waals surface area (Å²) >= 11 is 0. The summed E-state index contributed by atoms with van der Waals surface area (Å²) in [5, 5.41) is 0. The fraction of sp³-hybridized carbons (Fsp3) is 0.320. The number of hydrogen-bond acceptors (Lipinski definition) is 2. The largest absolute Gasteiger partial charge is 0.497 e. The van der Waals surface area contributed by atoms with Gasteiger partial charge < -0.3 is 4.74 Å². The maximum atomic E-state index is 12.9. The predicted molar refractivity (Wildman–Crippen MR) is 116 cm³/mol. The summed E-state index contributed by atoms with van der Waals surface area (Å²) in [4.78, 5) is 12.9. The van der Waals surface area contributed by atoms with E-state index in [-0.39, 0.29) is 20.6 Å². The molecule has 1 atom stereocenters. The maximum absolute atomic E-state index is 12.9. The summed E-state index contributed by atoms with van der Waals surface area (Å²) in [5.74, 6) is 1.28. The van der Waals surface area contributed by atoms with Crippen LogP contribution >= 0.6 is 0 Å². The summed E-state index contributed by atoms with van der Waals surface area (Å²) in [7, 11) is 1.67. The van der Waals surface area contributed by atoms with Gasteiger partial charge in [-0.25, -0.2) is 0 Å². The van der Waals surface area contributed by atoms with Crippen LogP contribution in [-0.2, 0) is 4.79 Å². The van der Waals surface area contributed by atoms with Crippen LogP contribution < -0.4 is 4.74 Å². The Labute approximate surface area is 165 Å². The van der Waals surface area contributed by atoms with Crippen LogP contribution in [0.2, 0.25) is 0 Å². The zero-order valence-electron chi connectivity index (χ0n) is 15.6. The number of methoxy groups -OCH3 is 1. The van der Waals surface area contributed by atoms with Gasteiger partial charge in [0, 0.05) is 19.3 Å². The number of carbonyl (C=O) groups is 1. The Morgan fingerprint density at radius 1 is 1.11 bits per heavy atom. The molecule has 0 aliphatic heterocycles. The van der Waals surface area contributed by atoms with Gasteiger partial charge in [-0.1, -0.05) is 69.3 Å². The first-order chi connectivity index (χ1) is 12.7. The van der Waals surface area contributed by atoms with E-state index in [1.165, 1.54) is 5.56 Å². The lowest BCUT2D eigenvalue weighted by molar-refractivity contribution is -0.116. The molecule has 0 radical (unpaired) electrons. The minimum Gasteiger partial charge on any atom is -0.497 e. The SMILES string of the molecule is C.CCCCC(=O)C1=CC(c2ccc(OC)cc2)=CCC1c1ccccc1.[HH]. The number of carbonyl (C=O) groups excluding carboxylic acids is 1. The summed E-state index contributed by atoms with van der Waals surface area (Å²) in [6.07, 6.45) is 7.81. The molecule has 3 rings (SSSR count). The molecule has 144 valence electrons. The van der Waals surface area contributed by atoms with E-state index in [1.807, 2.05) is 30.3 Å². The first-order valence-electron chi connectivity index (χ1n) is 9.37. The molecule has 0 fully saturated rings. The molecule has 1 aliphatic rings. The Kier molecular flexibility index (Phi) is 7.60. The fourth-order valence-electron chi connectivity index (χ4n) is 3.44. The molecule has 1 aliphatic carbocycles. The van der Waals surface area contributed by atoms with Gasteiger partial charge in [0.2, 0.25) is 0 Å². The van der Waals surface area contributed by atoms with Gasteiger partial charge in [0.25, 0.3) is 0 Å². The molecule has 2 aromatic rings. The van der Waals surface area contributed by atoms with Crippen LogP contribution in [0.3, 0.4) is 0 Å². The van der Waals surface area contributed by atoms with Crippen molar-refractivity contribution < 1.29 is 11.0 Å². The van der Waals surface area contributed by atoms with Crippen molar-refractivity contribution in [1.29, 1.82) is 0 Å². The number of allylic oxidation sites excluding steroid dienone is 4. The van der Waals surface area contributed by atoms with E-state index in [9.17, 15) is 4.79 Å². The summed E-state index contributed by atoms with van der Waals surface area (Å²) in [6, 6.07) is 18.4. The van der Waals surface area contributed by atoms with Gasteiger partial charge in [0.1, 0.15) is 5.75 Å². The number of unbranched alkanes of at least 4 members (excludes halogenated alkanes) is 1. The number of ketones is 1. The monoisotopic (exact) mass is 364 g/mol. The molecular weight excluding hydrogens is 332 g/mol. The number of ether oxygens (including phenoxy) is 1. The Morgan fingerprint density at radius 3 is 2.44 bits per heavy atom. The number of rotatable bonds is 7. The molecule has 0 spiro atoms. The van der Waals surface area contributed by atoms with Crippen molar-refractivity contribution in [2.45, 2.75) is 46.0 Å². The minimum atomic E-state index is 0. The second-order valence-corrected chi connectivity index (χ2v) is 6.71. The number of Topliss-reactive ketones (excluding diaryl/α,β-unsaturated/α-hetero) is 1. The molecule has 0 amide bonds. The summed E-state index contributed by atoms with van der Waals surface area (Å²) in [6.45, 7) is 2.12. The van der Waals surface area contributed by atoms with Gasteiger partial charge >= 0.3 is 0 Å². The van der Waals surface area contributed by atoms with Crippen LogP contribution in [0.5, 0.6) is 5.75 Å². The first kappa shape index (κ1) is 20.7. The third-order valence-corrected chi connectivity index (χ3v) is 4.96. The highest BCUT2D eigenvalue weighted by atomic mass is 16.5. The van der Waals surface area contributed by atoms with Gasteiger partial charge in [-0.3, -0.25) is 4.79 Å². The Balaban J connectivity index is 0.00000196. The normalized spacial score (nSPS) is 16.0. The van der Waals surface area contributed by atoms with Crippen molar-refractivity contribution in [1.82, 2.24) is 0 Å². The van der Waals surface area contributed by atoms with E-state index >= 15 is 0 Å². The second kappa shape index (κ2) is 9.91. The summed E-state index contributed by atoms with van der Waals surface area (Å²) in [5.41, 5.74) is 4.41. The standard InChI is InChI=1S/C24H26O2.CH4.H2/c1-3-4-10-24(25)23-17-20(18-11-14-21(26-2)15-12-18)13-16-22(23)19-8-6-5-7-9-19;;/h5-9,11-15,17,22H,3-4,10,16H2,1-2H3;1H4;1H.